The number of ether oxygens (including phenoxy) is 1. The van der Waals surface area contributed by atoms with Gasteiger partial charge in [-0.15, -0.1) is 0 Å². The van der Waals surface area contributed by atoms with Crippen molar-refractivity contribution in [2.75, 3.05) is 13.7 Å². The van der Waals surface area contributed by atoms with E-state index in [9.17, 15) is 0 Å². The second kappa shape index (κ2) is 7.79. The molecule has 0 spiro atoms. The summed E-state index contributed by atoms with van der Waals surface area (Å²) in [7, 11) is 1.72. The topological polar surface area (TPSA) is 47.3 Å². The zero-order valence-electron chi connectivity index (χ0n) is 9.58. The highest BCUT2D eigenvalue weighted by molar-refractivity contribution is 9.10. The van der Waals surface area contributed by atoms with Crippen LogP contribution >= 0.6 is 15.9 Å². The van der Waals surface area contributed by atoms with Gasteiger partial charge < -0.3 is 4.74 Å². The molecule has 16 heavy (non-hydrogen) atoms. The summed E-state index contributed by atoms with van der Waals surface area (Å²) in [5.74, 6) is 5.53. The quantitative estimate of drug-likeness (QED) is 0.459. The molecule has 0 bridgehead atoms. The Kier molecular flexibility index (Phi) is 6.64. The lowest BCUT2D eigenvalue weighted by Gasteiger charge is -2.15. The maximum Gasteiger partial charge on any atom is 0.0462 e. The van der Waals surface area contributed by atoms with Gasteiger partial charge in [0.15, 0.2) is 0 Å². The molecule has 1 aromatic carbocycles. The monoisotopic (exact) mass is 286 g/mol. The van der Waals surface area contributed by atoms with Gasteiger partial charge in [-0.2, -0.15) is 0 Å². The Morgan fingerprint density at radius 2 is 2.06 bits per heavy atom. The summed E-state index contributed by atoms with van der Waals surface area (Å²) in [6.07, 6.45) is 3.01. The number of hydrogen-bond acceptors (Lipinski definition) is 3. The van der Waals surface area contributed by atoms with E-state index in [1.165, 1.54) is 5.56 Å². The molecule has 90 valence electrons. The van der Waals surface area contributed by atoms with E-state index < -0.39 is 0 Å². The normalized spacial score (nSPS) is 12.7. The second-order valence-corrected chi connectivity index (χ2v) is 4.74. The summed E-state index contributed by atoms with van der Waals surface area (Å²) >= 11 is 3.42. The van der Waals surface area contributed by atoms with Crippen molar-refractivity contribution in [3.05, 3.63) is 34.3 Å². The second-order valence-electron chi connectivity index (χ2n) is 3.83. The first kappa shape index (κ1) is 13.6. The van der Waals surface area contributed by atoms with Gasteiger partial charge in [-0.1, -0.05) is 28.1 Å². The fourth-order valence-electron chi connectivity index (χ4n) is 1.62. The van der Waals surface area contributed by atoms with E-state index in [-0.39, 0.29) is 0 Å². The van der Waals surface area contributed by atoms with Crippen molar-refractivity contribution in [3.63, 3.8) is 0 Å². The lowest BCUT2D eigenvalue weighted by molar-refractivity contribution is 0.188. The van der Waals surface area contributed by atoms with Gasteiger partial charge in [0.25, 0.3) is 0 Å². The zero-order valence-corrected chi connectivity index (χ0v) is 11.2. The van der Waals surface area contributed by atoms with Crippen LogP contribution in [0.25, 0.3) is 0 Å². The first-order valence-corrected chi connectivity index (χ1v) is 6.25. The number of halogens is 1. The van der Waals surface area contributed by atoms with Crippen molar-refractivity contribution in [1.82, 2.24) is 5.43 Å². The van der Waals surface area contributed by atoms with Gasteiger partial charge in [-0.25, -0.2) is 0 Å². The molecule has 1 rings (SSSR count). The third-order valence-electron chi connectivity index (χ3n) is 2.53. The highest BCUT2D eigenvalue weighted by atomic mass is 79.9. The van der Waals surface area contributed by atoms with Gasteiger partial charge in [0, 0.05) is 24.2 Å². The average molecular weight is 287 g/mol. The summed E-state index contributed by atoms with van der Waals surface area (Å²) in [4.78, 5) is 0. The molecule has 0 aliphatic heterocycles. The highest BCUT2D eigenvalue weighted by Crippen LogP contribution is 2.13. The lowest BCUT2D eigenvalue weighted by atomic mass is 10.0. The molecular formula is C12H19BrN2O. The van der Waals surface area contributed by atoms with Gasteiger partial charge in [0.1, 0.15) is 0 Å². The molecule has 0 saturated carbocycles. The Balaban J connectivity index is 2.40. The molecule has 0 fully saturated rings. The number of hydrazine groups is 1. The fraction of sp³-hybridized carbons (Fsp3) is 0.500. The zero-order chi connectivity index (χ0) is 11.8. The Morgan fingerprint density at radius 3 is 2.62 bits per heavy atom. The number of hydrogen-bond donors (Lipinski definition) is 2. The molecule has 1 unspecified atom stereocenters. The molecule has 0 amide bonds. The summed E-state index contributed by atoms with van der Waals surface area (Å²) < 4.78 is 6.13. The molecule has 0 aliphatic rings. The van der Waals surface area contributed by atoms with Gasteiger partial charge in [0.2, 0.25) is 0 Å². The van der Waals surface area contributed by atoms with Crippen molar-refractivity contribution in [2.45, 2.75) is 25.3 Å². The first-order valence-electron chi connectivity index (χ1n) is 5.45. The van der Waals surface area contributed by atoms with Gasteiger partial charge in [0.05, 0.1) is 0 Å². The van der Waals surface area contributed by atoms with Crippen molar-refractivity contribution in [1.29, 1.82) is 0 Å². The van der Waals surface area contributed by atoms with Crippen LogP contribution in [-0.2, 0) is 11.2 Å². The number of nitrogens with one attached hydrogen (secondary N) is 1. The maximum atomic E-state index is 5.53. The lowest BCUT2D eigenvalue weighted by Crippen LogP contribution is -2.36. The number of nitrogens with two attached hydrogens (primary N) is 1. The van der Waals surface area contributed by atoms with Crippen LogP contribution in [0.4, 0.5) is 0 Å². The molecule has 0 saturated heterocycles. The van der Waals surface area contributed by atoms with Crippen LogP contribution in [0.1, 0.15) is 18.4 Å². The van der Waals surface area contributed by atoms with Gasteiger partial charge in [-0.3, -0.25) is 11.3 Å². The third kappa shape index (κ3) is 5.07. The van der Waals surface area contributed by atoms with Crippen LogP contribution in [0.15, 0.2) is 28.7 Å². The minimum Gasteiger partial charge on any atom is -0.385 e. The minimum absolute atomic E-state index is 0.316. The molecule has 1 aromatic rings. The smallest absolute Gasteiger partial charge is 0.0462 e. The standard InChI is InChI=1S/C12H19BrN2O/c1-16-8-2-3-12(15-14)9-10-4-6-11(13)7-5-10/h4-7,12,15H,2-3,8-9,14H2,1H3. The Labute approximate surface area is 105 Å². The predicted octanol–water partition coefficient (Wildman–Crippen LogP) is 2.25. The maximum absolute atomic E-state index is 5.53. The molecule has 3 N–H and O–H groups in total. The molecule has 0 aromatic heterocycles. The summed E-state index contributed by atoms with van der Waals surface area (Å²) in [5.41, 5.74) is 4.15. The van der Waals surface area contributed by atoms with Crippen LogP contribution in [0.5, 0.6) is 0 Å². The van der Waals surface area contributed by atoms with Gasteiger partial charge >= 0.3 is 0 Å². The van der Waals surface area contributed by atoms with E-state index in [4.69, 9.17) is 10.6 Å². The fourth-order valence-corrected chi connectivity index (χ4v) is 1.89. The minimum atomic E-state index is 0.316. The molecule has 0 heterocycles. The SMILES string of the molecule is COCCCC(Cc1ccc(Br)cc1)NN. The van der Waals surface area contributed by atoms with Crippen LogP contribution < -0.4 is 11.3 Å². The summed E-state index contributed by atoms with van der Waals surface area (Å²) in [5, 5.41) is 0. The van der Waals surface area contributed by atoms with Crippen molar-refractivity contribution >= 4 is 15.9 Å². The van der Waals surface area contributed by atoms with Crippen molar-refractivity contribution in [3.8, 4) is 0 Å². The summed E-state index contributed by atoms with van der Waals surface area (Å²) in [6, 6.07) is 8.65. The van der Waals surface area contributed by atoms with E-state index in [2.05, 4.69) is 45.6 Å². The predicted molar refractivity (Wildman–Crippen MR) is 70.1 cm³/mol. The highest BCUT2D eigenvalue weighted by Gasteiger charge is 2.07. The van der Waals surface area contributed by atoms with Crippen molar-refractivity contribution < 1.29 is 4.74 Å². The Morgan fingerprint density at radius 1 is 1.38 bits per heavy atom. The van der Waals surface area contributed by atoms with E-state index >= 15 is 0 Å². The Hall–Kier alpha value is -0.420. The number of rotatable bonds is 7. The summed E-state index contributed by atoms with van der Waals surface area (Å²) in [6.45, 7) is 0.790. The van der Waals surface area contributed by atoms with E-state index in [0.717, 1.165) is 30.3 Å². The Bertz CT molecular complexity index is 290. The molecule has 1 atom stereocenters. The van der Waals surface area contributed by atoms with Crippen LogP contribution in [0.2, 0.25) is 0 Å². The van der Waals surface area contributed by atoms with Gasteiger partial charge in [-0.05, 0) is 37.0 Å². The molecule has 4 heteroatoms. The first-order chi connectivity index (χ1) is 7.76. The average Bonchev–Trinajstić information content (AvgIpc) is 2.31. The molecular weight excluding hydrogens is 268 g/mol. The van der Waals surface area contributed by atoms with Crippen LogP contribution in [0.3, 0.4) is 0 Å². The third-order valence-corrected chi connectivity index (χ3v) is 3.06. The largest absolute Gasteiger partial charge is 0.385 e. The molecule has 0 aliphatic carbocycles. The van der Waals surface area contributed by atoms with E-state index in [1.54, 1.807) is 7.11 Å². The van der Waals surface area contributed by atoms with Crippen LogP contribution in [0, 0.1) is 0 Å². The van der Waals surface area contributed by atoms with E-state index in [1.807, 2.05) is 0 Å². The molecule has 3 nitrogen and oxygen atoms in total. The van der Waals surface area contributed by atoms with Crippen LogP contribution in [-0.4, -0.2) is 19.8 Å². The number of methoxy groups -OCH3 is 1. The van der Waals surface area contributed by atoms with E-state index in [0.29, 0.717) is 6.04 Å². The van der Waals surface area contributed by atoms with Crippen molar-refractivity contribution in [2.24, 2.45) is 5.84 Å². The molecule has 0 radical (unpaired) electrons. The number of benzene rings is 1.